The molecule has 0 atom stereocenters. The zero-order valence-electron chi connectivity index (χ0n) is 15.6. The van der Waals surface area contributed by atoms with E-state index >= 15 is 0 Å². The quantitative estimate of drug-likeness (QED) is 0.719. The molecule has 0 spiro atoms. The molecule has 1 heterocycles. The Kier molecular flexibility index (Phi) is 7.24. The fourth-order valence-corrected chi connectivity index (χ4v) is 3.63. The largest absolute Gasteiger partial charge is 0.454 e. The van der Waals surface area contributed by atoms with Crippen LogP contribution in [0.3, 0.4) is 0 Å². The fraction of sp³-hybridized carbons (Fsp3) is 0.409. The minimum Gasteiger partial charge on any atom is -0.454 e. The first-order valence-electron chi connectivity index (χ1n) is 9.15. The van der Waals surface area contributed by atoms with Gasteiger partial charge in [-0.15, -0.1) is 12.4 Å². The molecular weight excluding hydrogens is 346 g/mol. The molecule has 1 aliphatic heterocycles. The van der Waals surface area contributed by atoms with Crippen LogP contribution in [-0.2, 0) is 21.6 Å². The molecule has 4 heteroatoms. The minimum absolute atomic E-state index is 0. The summed E-state index contributed by atoms with van der Waals surface area (Å²) in [4.78, 5) is 14.5. The van der Waals surface area contributed by atoms with Gasteiger partial charge in [-0.3, -0.25) is 4.79 Å². The number of ether oxygens (including phenoxy) is 1. The summed E-state index contributed by atoms with van der Waals surface area (Å²) < 4.78 is 6.08. The number of rotatable bonds is 5. The van der Waals surface area contributed by atoms with E-state index in [0.717, 1.165) is 32.4 Å². The molecule has 2 aromatic carbocycles. The van der Waals surface area contributed by atoms with Gasteiger partial charge in [0.1, 0.15) is 5.60 Å². The van der Waals surface area contributed by atoms with Crippen LogP contribution in [0.2, 0.25) is 0 Å². The van der Waals surface area contributed by atoms with Crippen molar-refractivity contribution in [2.45, 2.75) is 38.2 Å². The van der Waals surface area contributed by atoms with Crippen molar-refractivity contribution in [2.75, 3.05) is 20.1 Å². The highest BCUT2D eigenvalue weighted by molar-refractivity contribution is 5.85. The maximum atomic E-state index is 12.2. The van der Waals surface area contributed by atoms with Gasteiger partial charge in [0.25, 0.3) is 0 Å². The van der Waals surface area contributed by atoms with Gasteiger partial charge in [0.2, 0.25) is 0 Å². The molecular formula is C22H28ClNO2. The van der Waals surface area contributed by atoms with Crippen molar-refractivity contribution in [2.24, 2.45) is 0 Å². The Bertz CT molecular complexity index is 709. The van der Waals surface area contributed by atoms with Crippen LogP contribution in [0.5, 0.6) is 0 Å². The van der Waals surface area contributed by atoms with Gasteiger partial charge < -0.3 is 9.64 Å². The number of hydrogen-bond donors (Lipinski definition) is 0. The lowest BCUT2D eigenvalue weighted by Gasteiger charge is -2.41. The monoisotopic (exact) mass is 373 g/mol. The molecule has 1 saturated heterocycles. The first kappa shape index (κ1) is 20.5. The average molecular weight is 374 g/mol. The van der Waals surface area contributed by atoms with Crippen LogP contribution >= 0.6 is 12.4 Å². The Hall–Kier alpha value is -1.84. The molecule has 0 radical (unpaired) electrons. The zero-order valence-corrected chi connectivity index (χ0v) is 16.4. The predicted molar refractivity (Wildman–Crippen MR) is 108 cm³/mol. The predicted octanol–water partition coefficient (Wildman–Crippen LogP) is 4.57. The van der Waals surface area contributed by atoms with Crippen LogP contribution < -0.4 is 0 Å². The van der Waals surface area contributed by atoms with E-state index in [0.29, 0.717) is 6.42 Å². The number of hydrogen-bond acceptors (Lipinski definition) is 3. The molecule has 1 aliphatic rings. The molecule has 140 valence electrons. The molecule has 0 unspecified atom stereocenters. The maximum Gasteiger partial charge on any atom is 0.306 e. The number of carbonyl (C=O) groups excluding carboxylic acids is 1. The molecule has 0 aliphatic carbocycles. The number of piperidine rings is 1. The van der Waals surface area contributed by atoms with Crippen molar-refractivity contribution in [3.63, 3.8) is 0 Å². The standard InChI is InChI=1S/C22H27NO2.ClH/c1-3-21(24)25-22(13-15-23(2)16-14-22)20-12-8-7-11-19(20)17-18-9-5-4-6-10-18;/h4-12H,3,13-17H2,1-2H3;1H. The van der Waals surface area contributed by atoms with Crippen molar-refractivity contribution in [1.82, 2.24) is 4.90 Å². The van der Waals surface area contributed by atoms with Crippen LogP contribution in [0.1, 0.15) is 42.9 Å². The van der Waals surface area contributed by atoms with Crippen LogP contribution in [0.4, 0.5) is 0 Å². The average Bonchev–Trinajstić information content (AvgIpc) is 2.65. The number of esters is 1. The van der Waals surface area contributed by atoms with Gasteiger partial charge in [-0.05, 0) is 30.2 Å². The number of carbonyl (C=O) groups is 1. The molecule has 0 saturated carbocycles. The van der Waals surface area contributed by atoms with E-state index in [-0.39, 0.29) is 18.4 Å². The van der Waals surface area contributed by atoms with E-state index in [1.165, 1.54) is 16.7 Å². The number of benzene rings is 2. The summed E-state index contributed by atoms with van der Waals surface area (Å²) in [6.45, 7) is 3.74. The van der Waals surface area contributed by atoms with Gasteiger partial charge in [0.15, 0.2) is 0 Å². The molecule has 3 rings (SSSR count). The first-order chi connectivity index (χ1) is 12.1. The molecule has 2 aromatic rings. The summed E-state index contributed by atoms with van der Waals surface area (Å²) >= 11 is 0. The van der Waals surface area contributed by atoms with Gasteiger partial charge in [0, 0.05) is 32.4 Å². The normalized spacial score (nSPS) is 16.5. The third-order valence-corrected chi connectivity index (χ3v) is 5.14. The van der Waals surface area contributed by atoms with Gasteiger partial charge in [-0.25, -0.2) is 0 Å². The SMILES string of the molecule is CCC(=O)OC1(c2ccccc2Cc2ccccc2)CCN(C)CC1.Cl. The van der Waals surface area contributed by atoms with E-state index in [1.54, 1.807) is 0 Å². The van der Waals surface area contributed by atoms with Crippen molar-refractivity contribution in [3.8, 4) is 0 Å². The maximum absolute atomic E-state index is 12.2. The lowest BCUT2D eigenvalue weighted by atomic mass is 9.80. The lowest BCUT2D eigenvalue weighted by Crippen LogP contribution is -2.44. The second-order valence-corrected chi connectivity index (χ2v) is 6.94. The topological polar surface area (TPSA) is 29.5 Å². The van der Waals surface area contributed by atoms with Crippen molar-refractivity contribution < 1.29 is 9.53 Å². The van der Waals surface area contributed by atoms with E-state index in [1.807, 2.05) is 13.0 Å². The second kappa shape index (κ2) is 9.20. The summed E-state index contributed by atoms with van der Waals surface area (Å²) in [5.41, 5.74) is 3.21. The molecule has 26 heavy (non-hydrogen) atoms. The fourth-order valence-electron chi connectivity index (χ4n) is 3.63. The Morgan fingerprint density at radius 1 is 1.04 bits per heavy atom. The van der Waals surface area contributed by atoms with Gasteiger partial charge >= 0.3 is 5.97 Å². The minimum atomic E-state index is -0.495. The Labute approximate surface area is 162 Å². The third-order valence-electron chi connectivity index (χ3n) is 5.14. The second-order valence-electron chi connectivity index (χ2n) is 6.94. The van der Waals surface area contributed by atoms with Gasteiger partial charge in [-0.2, -0.15) is 0 Å². The molecule has 0 bridgehead atoms. The summed E-state index contributed by atoms with van der Waals surface area (Å²) in [5.74, 6) is -0.112. The van der Waals surface area contributed by atoms with Crippen molar-refractivity contribution in [1.29, 1.82) is 0 Å². The smallest absolute Gasteiger partial charge is 0.306 e. The lowest BCUT2D eigenvalue weighted by molar-refractivity contribution is -0.166. The first-order valence-corrected chi connectivity index (χ1v) is 9.15. The van der Waals surface area contributed by atoms with Crippen LogP contribution in [0.25, 0.3) is 0 Å². The molecule has 0 amide bonds. The third kappa shape index (κ3) is 4.66. The van der Waals surface area contributed by atoms with E-state index in [4.69, 9.17) is 4.74 Å². The molecule has 0 N–H and O–H groups in total. The number of nitrogens with zero attached hydrogens (tertiary/aromatic N) is 1. The highest BCUT2D eigenvalue weighted by Crippen LogP contribution is 2.39. The summed E-state index contributed by atoms with van der Waals surface area (Å²) in [6, 6.07) is 18.9. The number of halogens is 1. The van der Waals surface area contributed by atoms with Crippen molar-refractivity contribution in [3.05, 3.63) is 71.3 Å². The van der Waals surface area contributed by atoms with E-state index in [9.17, 15) is 4.79 Å². The van der Waals surface area contributed by atoms with Crippen LogP contribution in [0.15, 0.2) is 54.6 Å². The van der Waals surface area contributed by atoms with Crippen LogP contribution in [0, 0.1) is 0 Å². The van der Waals surface area contributed by atoms with E-state index < -0.39 is 5.60 Å². The van der Waals surface area contributed by atoms with Crippen molar-refractivity contribution >= 4 is 18.4 Å². The Morgan fingerprint density at radius 2 is 1.65 bits per heavy atom. The highest BCUT2D eigenvalue weighted by atomic mass is 35.5. The summed E-state index contributed by atoms with van der Waals surface area (Å²) in [5, 5.41) is 0. The molecule has 0 aromatic heterocycles. The Balaban J connectivity index is 0.00000243. The zero-order chi connectivity index (χ0) is 17.7. The molecule has 1 fully saturated rings. The van der Waals surface area contributed by atoms with Gasteiger partial charge in [0.05, 0.1) is 0 Å². The van der Waals surface area contributed by atoms with Gasteiger partial charge in [-0.1, -0.05) is 61.5 Å². The van der Waals surface area contributed by atoms with Crippen LogP contribution in [-0.4, -0.2) is 31.0 Å². The van der Waals surface area contributed by atoms with E-state index in [2.05, 4.69) is 60.5 Å². The molecule has 3 nitrogen and oxygen atoms in total. The Morgan fingerprint density at radius 3 is 2.31 bits per heavy atom. The highest BCUT2D eigenvalue weighted by Gasteiger charge is 2.40. The summed E-state index contributed by atoms with van der Waals surface area (Å²) in [7, 11) is 2.13. The number of likely N-dealkylation sites (tertiary alicyclic amines) is 1. The summed E-state index contributed by atoms with van der Waals surface area (Å²) in [6.07, 6.45) is 2.97.